The second kappa shape index (κ2) is 4.75. The van der Waals surface area contributed by atoms with Gasteiger partial charge in [-0.3, -0.25) is 4.98 Å². The summed E-state index contributed by atoms with van der Waals surface area (Å²) in [6.07, 6.45) is 7.43. The molecule has 0 spiro atoms. The number of benzene rings is 1. The average molecular weight is 209 g/mol. The molecule has 0 fully saturated rings. The van der Waals surface area contributed by atoms with Gasteiger partial charge >= 0.3 is 0 Å². The Bertz CT molecular complexity index is 477. The number of rotatable bonds is 4. The second-order valence-corrected chi connectivity index (χ2v) is 3.76. The van der Waals surface area contributed by atoms with Crippen LogP contribution in [0.2, 0.25) is 0 Å². The summed E-state index contributed by atoms with van der Waals surface area (Å²) in [4.78, 5) is 4.50. The van der Waals surface area contributed by atoms with E-state index in [1.807, 2.05) is 24.4 Å². The first-order valence-electron chi connectivity index (χ1n) is 5.44. The van der Waals surface area contributed by atoms with Crippen molar-refractivity contribution in [2.75, 3.05) is 0 Å². The Balaban J connectivity index is 2.66. The average Bonchev–Trinajstić information content (AvgIpc) is 2.33. The van der Waals surface area contributed by atoms with Crippen LogP contribution in [0.25, 0.3) is 10.8 Å². The molecule has 1 aromatic heterocycles. The highest BCUT2D eigenvalue weighted by atomic mass is 14.7. The van der Waals surface area contributed by atoms with E-state index in [-0.39, 0.29) is 0 Å². The van der Waals surface area contributed by atoms with E-state index in [9.17, 15) is 0 Å². The van der Waals surface area contributed by atoms with Gasteiger partial charge in [0.15, 0.2) is 0 Å². The number of hydrogen-bond donors (Lipinski definition) is 0. The lowest BCUT2D eigenvalue weighted by Crippen LogP contribution is -1.94. The van der Waals surface area contributed by atoms with E-state index in [4.69, 9.17) is 0 Å². The second-order valence-electron chi connectivity index (χ2n) is 3.76. The molecule has 1 heterocycles. The van der Waals surface area contributed by atoms with Crippen LogP contribution < -0.4 is 0 Å². The van der Waals surface area contributed by atoms with Crippen molar-refractivity contribution in [3.05, 3.63) is 67.0 Å². The van der Waals surface area contributed by atoms with Gasteiger partial charge in [-0.25, -0.2) is 0 Å². The van der Waals surface area contributed by atoms with Gasteiger partial charge in [0, 0.05) is 18.0 Å². The summed E-state index contributed by atoms with van der Waals surface area (Å²) in [5.41, 5.74) is 2.33. The minimum Gasteiger partial charge on any atom is -0.260 e. The van der Waals surface area contributed by atoms with Gasteiger partial charge in [0.1, 0.15) is 0 Å². The monoisotopic (exact) mass is 209 g/mol. The Kier molecular flexibility index (Phi) is 3.16. The van der Waals surface area contributed by atoms with Crippen LogP contribution in [0.3, 0.4) is 0 Å². The lowest BCUT2D eigenvalue weighted by molar-refractivity contribution is 1.11. The molecule has 0 bridgehead atoms. The normalized spacial score (nSPS) is 10.2. The van der Waals surface area contributed by atoms with Crippen LogP contribution in [0, 0.1) is 0 Å². The van der Waals surface area contributed by atoms with Crippen molar-refractivity contribution in [1.82, 2.24) is 4.98 Å². The Morgan fingerprint density at radius 3 is 2.38 bits per heavy atom. The maximum atomic E-state index is 4.50. The molecule has 0 atom stereocenters. The van der Waals surface area contributed by atoms with Crippen LogP contribution in [-0.4, -0.2) is 4.98 Å². The molecule has 16 heavy (non-hydrogen) atoms. The first kappa shape index (κ1) is 10.6. The molecule has 0 aliphatic carbocycles. The molecule has 1 nitrogen and oxygen atoms in total. The van der Waals surface area contributed by atoms with Crippen molar-refractivity contribution in [3.8, 4) is 0 Å². The first-order valence-corrected chi connectivity index (χ1v) is 5.44. The van der Waals surface area contributed by atoms with Gasteiger partial charge in [-0.1, -0.05) is 36.4 Å². The molecule has 0 unspecified atom stereocenters. The fourth-order valence-corrected chi connectivity index (χ4v) is 1.93. The third-order valence-corrected chi connectivity index (χ3v) is 2.66. The highest BCUT2D eigenvalue weighted by molar-refractivity contribution is 5.87. The summed E-state index contributed by atoms with van der Waals surface area (Å²) in [5, 5.41) is 2.50. The van der Waals surface area contributed by atoms with E-state index in [1.165, 1.54) is 16.3 Å². The van der Waals surface area contributed by atoms with E-state index in [0.29, 0.717) is 0 Å². The molecule has 2 rings (SSSR count). The van der Waals surface area contributed by atoms with E-state index in [2.05, 4.69) is 36.3 Å². The van der Waals surface area contributed by atoms with Crippen molar-refractivity contribution >= 4 is 10.8 Å². The smallest absolute Gasteiger partial charge is 0.0519 e. The van der Waals surface area contributed by atoms with Gasteiger partial charge in [-0.15, -0.1) is 13.2 Å². The zero-order chi connectivity index (χ0) is 11.4. The Labute approximate surface area is 96.1 Å². The number of nitrogens with zero attached hydrogens (tertiary/aromatic N) is 1. The van der Waals surface area contributed by atoms with E-state index >= 15 is 0 Å². The molecule has 0 saturated heterocycles. The number of fused-ring (bicyclic) bond motifs is 1. The number of allylic oxidation sites excluding steroid dienone is 2. The largest absolute Gasteiger partial charge is 0.260 e. The fraction of sp³-hybridized carbons (Fsp3) is 0.133. The summed E-state index contributed by atoms with van der Waals surface area (Å²) in [5.74, 6) is 0. The van der Waals surface area contributed by atoms with Gasteiger partial charge in [-0.2, -0.15) is 0 Å². The molecular formula is C15H15N. The quantitative estimate of drug-likeness (QED) is 0.700. The lowest BCUT2D eigenvalue weighted by Gasteiger charge is -2.07. The number of pyridine rings is 1. The molecule has 80 valence electrons. The first-order chi connectivity index (χ1) is 7.86. The minimum atomic E-state index is 0.814. The van der Waals surface area contributed by atoms with E-state index in [0.717, 1.165) is 18.5 Å². The summed E-state index contributed by atoms with van der Waals surface area (Å²) in [7, 11) is 0. The molecule has 0 aliphatic heterocycles. The van der Waals surface area contributed by atoms with Gasteiger partial charge in [0.05, 0.1) is 5.69 Å². The third kappa shape index (κ3) is 1.89. The molecule has 2 aromatic rings. The Morgan fingerprint density at radius 2 is 1.69 bits per heavy atom. The van der Waals surface area contributed by atoms with Crippen molar-refractivity contribution in [1.29, 1.82) is 0 Å². The zero-order valence-corrected chi connectivity index (χ0v) is 9.32. The minimum absolute atomic E-state index is 0.814. The van der Waals surface area contributed by atoms with Crippen molar-refractivity contribution in [2.24, 2.45) is 0 Å². The van der Waals surface area contributed by atoms with Crippen LogP contribution in [0.1, 0.15) is 11.3 Å². The molecule has 0 saturated carbocycles. The Hall–Kier alpha value is -1.89. The maximum absolute atomic E-state index is 4.50. The summed E-state index contributed by atoms with van der Waals surface area (Å²) >= 11 is 0. The third-order valence-electron chi connectivity index (χ3n) is 2.66. The topological polar surface area (TPSA) is 12.9 Å². The van der Waals surface area contributed by atoms with Gasteiger partial charge in [0.2, 0.25) is 0 Å². The molecular weight excluding hydrogens is 194 g/mol. The fourth-order valence-electron chi connectivity index (χ4n) is 1.93. The SMILES string of the molecule is C=CCc1cnc(CC=C)c2ccccc12. The van der Waals surface area contributed by atoms with Gasteiger partial charge in [0.25, 0.3) is 0 Å². The van der Waals surface area contributed by atoms with Crippen LogP contribution in [0.4, 0.5) is 0 Å². The predicted molar refractivity (Wildman–Crippen MR) is 69.5 cm³/mol. The van der Waals surface area contributed by atoms with Crippen molar-refractivity contribution in [2.45, 2.75) is 12.8 Å². The van der Waals surface area contributed by atoms with E-state index in [1.54, 1.807) is 0 Å². The molecule has 0 aliphatic rings. The lowest BCUT2D eigenvalue weighted by atomic mass is 10.0. The summed E-state index contributed by atoms with van der Waals surface area (Å²) < 4.78 is 0. The van der Waals surface area contributed by atoms with Crippen molar-refractivity contribution < 1.29 is 0 Å². The van der Waals surface area contributed by atoms with Gasteiger partial charge in [-0.05, 0) is 17.4 Å². The number of hydrogen-bond acceptors (Lipinski definition) is 1. The number of aromatic nitrogens is 1. The highest BCUT2D eigenvalue weighted by Gasteiger charge is 2.04. The van der Waals surface area contributed by atoms with Crippen LogP contribution >= 0.6 is 0 Å². The Morgan fingerprint density at radius 1 is 1.00 bits per heavy atom. The molecule has 0 amide bonds. The molecule has 0 N–H and O–H groups in total. The van der Waals surface area contributed by atoms with Crippen LogP contribution in [-0.2, 0) is 12.8 Å². The molecule has 0 radical (unpaired) electrons. The molecule has 1 aromatic carbocycles. The zero-order valence-electron chi connectivity index (χ0n) is 9.32. The van der Waals surface area contributed by atoms with E-state index < -0.39 is 0 Å². The predicted octanol–water partition coefficient (Wildman–Crippen LogP) is 3.69. The maximum Gasteiger partial charge on any atom is 0.0519 e. The highest BCUT2D eigenvalue weighted by Crippen LogP contribution is 2.21. The van der Waals surface area contributed by atoms with Crippen molar-refractivity contribution in [3.63, 3.8) is 0 Å². The standard InChI is InChI=1S/C15H15N/c1-3-7-12-11-16-15(8-4-2)14-10-6-5-9-13(12)14/h3-6,9-11H,1-2,7-8H2. The molecule has 1 heteroatoms. The van der Waals surface area contributed by atoms with Gasteiger partial charge < -0.3 is 0 Å². The summed E-state index contributed by atoms with van der Waals surface area (Å²) in [6.45, 7) is 7.54. The van der Waals surface area contributed by atoms with Crippen LogP contribution in [0.15, 0.2) is 55.8 Å². The summed E-state index contributed by atoms with van der Waals surface area (Å²) in [6, 6.07) is 8.37. The van der Waals surface area contributed by atoms with Crippen LogP contribution in [0.5, 0.6) is 0 Å².